The Hall–Kier alpha value is -4.95. The van der Waals surface area contributed by atoms with Crippen molar-refractivity contribution < 1.29 is 38.3 Å². The number of imide groups is 1. The normalized spacial score (nSPS) is 13.9. The highest BCUT2D eigenvalue weighted by Gasteiger charge is 2.29. The Morgan fingerprint density at radius 1 is 0.875 bits per heavy atom. The number of hydrogen-bond acceptors (Lipinski definition) is 8. The maximum atomic E-state index is 13.4. The number of ether oxygens (including phenoxy) is 1. The smallest absolute Gasteiger partial charge is 0.407 e. The minimum atomic E-state index is -1.00. The van der Waals surface area contributed by atoms with Crippen LogP contribution in [0.5, 0.6) is 0 Å². The van der Waals surface area contributed by atoms with Crippen LogP contribution < -0.4 is 32.3 Å². The van der Waals surface area contributed by atoms with Crippen molar-refractivity contribution in [1.82, 2.24) is 26.2 Å². The third-order valence-corrected chi connectivity index (χ3v) is 7.12. The van der Waals surface area contributed by atoms with Gasteiger partial charge in [0.25, 0.3) is 11.8 Å². The minimum Gasteiger partial charge on any atom is -0.445 e. The molecule has 1 aliphatic heterocycles. The molecule has 8 amide bonds. The summed E-state index contributed by atoms with van der Waals surface area (Å²) in [6.07, 6.45) is 4.19. The number of primary amides is 1. The average Bonchev–Trinajstić information content (AvgIpc) is 3.31. The molecule has 1 aromatic carbocycles. The molecule has 0 bridgehead atoms. The van der Waals surface area contributed by atoms with E-state index in [1.165, 1.54) is 12.2 Å². The topological polar surface area (TPSA) is 218 Å². The van der Waals surface area contributed by atoms with E-state index in [4.69, 9.17) is 10.5 Å². The first kappa shape index (κ1) is 39.2. The largest absolute Gasteiger partial charge is 0.445 e. The summed E-state index contributed by atoms with van der Waals surface area (Å²) in [6.45, 7) is 9.55. The fourth-order valence-electron chi connectivity index (χ4n) is 4.62. The zero-order valence-electron chi connectivity index (χ0n) is 28.4. The molecule has 15 heteroatoms. The molecular weight excluding hydrogens is 622 g/mol. The quantitative estimate of drug-likeness (QED) is 0.100. The molecule has 2 rings (SSSR count). The summed E-state index contributed by atoms with van der Waals surface area (Å²) >= 11 is 0. The van der Waals surface area contributed by atoms with Crippen molar-refractivity contribution in [1.29, 1.82) is 0 Å². The Morgan fingerprint density at radius 2 is 1.52 bits per heavy atom. The third kappa shape index (κ3) is 14.6. The van der Waals surface area contributed by atoms with Crippen molar-refractivity contribution in [3.8, 4) is 0 Å². The predicted octanol–water partition coefficient (Wildman–Crippen LogP) is 2.21. The summed E-state index contributed by atoms with van der Waals surface area (Å²) in [4.78, 5) is 86.9. The number of anilines is 1. The van der Waals surface area contributed by atoms with E-state index < -0.39 is 41.6 Å². The van der Waals surface area contributed by atoms with Crippen LogP contribution in [-0.2, 0) is 35.3 Å². The number of hydrogen-bond donors (Lipinski definition) is 6. The fourth-order valence-corrected chi connectivity index (χ4v) is 4.62. The predicted molar refractivity (Wildman–Crippen MR) is 178 cm³/mol. The summed E-state index contributed by atoms with van der Waals surface area (Å²) in [5.74, 6) is -2.38. The van der Waals surface area contributed by atoms with E-state index in [0.717, 1.165) is 4.90 Å². The number of benzene rings is 1. The Kier molecular flexibility index (Phi) is 15.5. The number of nitrogens with one attached hydrogen (secondary N) is 5. The summed E-state index contributed by atoms with van der Waals surface area (Å²) in [5.41, 5.74) is 5.84. The number of carbonyl (C=O) groups is 7. The molecule has 0 unspecified atom stereocenters. The van der Waals surface area contributed by atoms with E-state index in [9.17, 15) is 33.6 Å². The average molecular weight is 672 g/mol. The molecule has 0 aliphatic carbocycles. The van der Waals surface area contributed by atoms with Crippen LogP contribution in [0.4, 0.5) is 15.3 Å². The lowest BCUT2D eigenvalue weighted by atomic mass is 10.0. The third-order valence-electron chi connectivity index (χ3n) is 7.12. The van der Waals surface area contributed by atoms with E-state index >= 15 is 0 Å². The molecule has 264 valence electrons. The molecule has 48 heavy (non-hydrogen) atoms. The van der Waals surface area contributed by atoms with Gasteiger partial charge >= 0.3 is 12.1 Å². The Morgan fingerprint density at radius 3 is 2.10 bits per heavy atom. The molecule has 0 saturated carbocycles. The fraction of sp³-hybridized carbons (Fsp3) is 0.545. The van der Waals surface area contributed by atoms with E-state index in [2.05, 4.69) is 26.6 Å². The van der Waals surface area contributed by atoms with Gasteiger partial charge in [-0.1, -0.05) is 32.4 Å². The van der Waals surface area contributed by atoms with Crippen molar-refractivity contribution >= 4 is 47.3 Å². The van der Waals surface area contributed by atoms with Crippen LogP contribution in [0.2, 0.25) is 0 Å². The zero-order valence-corrected chi connectivity index (χ0v) is 28.4. The van der Waals surface area contributed by atoms with E-state index in [-0.39, 0.29) is 56.2 Å². The van der Waals surface area contributed by atoms with Crippen LogP contribution in [-0.4, -0.2) is 77.3 Å². The van der Waals surface area contributed by atoms with Crippen molar-refractivity contribution in [2.45, 2.75) is 97.4 Å². The first-order chi connectivity index (χ1) is 22.6. The van der Waals surface area contributed by atoms with Crippen LogP contribution in [0.25, 0.3) is 0 Å². The van der Waals surface area contributed by atoms with Gasteiger partial charge in [0.15, 0.2) is 0 Å². The molecule has 7 N–H and O–H groups in total. The minimum absolute atomic E-state index is 0.0301. The molecule has 2 atom stereocenters. The number of alkyl carbamates (subject to hydrolysis) is 1. The summed E-state index contributed by atoms with van der Waals surface area (Å²) in [6, 6.07) is 4.03. The van der Waals surface area contributed by atoms with Crippen LogP contribution in [0.1, 0.15) is 78.7 Å². The summed E-state index contributed by atoms with van der Waals surface area (Å²) < 4.78 is 5.23. The lowest BCUT2D eigenvalue weighted by Crippen LogP contribution is -2.54. The highest BCUT2D eigenvalue weighted by atomic mass is 16.5. The number of unbranched alkanes of at least 4 members (excludes halogenated alkanes) is 2. The van der Waals surface area contributed by atoms with E-state index in [1.54, 1.807) is 38.1 Å². The molecule has 0 fully saturated rings. The molecule has 0 spiro atoms. The molecule has 0 radical (unpaired) electrons. The lowest BCUT2D eigenvalue weighted by Gasteiger charge is -2.25. The summed E-state index contributed by atoms with van der Waals surface area (Å²) in [5, 5.41) is 13.4. The maximum Gasteiger partial charge on any atom is 0.407 e. The Bertz CT molecular complexity index is 1320. The maximum absolute atomic E-state index is 13.4. The second-order valence-electron chi connectivity index (χ2n) is 12.9. The number of amides is 8. The number of rotatable bonds is 18. The molecular formula is C33H49N7O8. The van der Waals surface area contributed by atoms with Gasteiger partial charge in [-0.25, -0.2) is 9.59 Å². The number of nitrogens with zero attached hydrogens (tertiary/aromatic N) is 1. The monoisotopic (exact) mass is 671 g/mol. The van der Waals surface area contributed by atoms with Gasteiger partial charge in [0.2, 0.25) is 17.7 Å². The molecule has 1 aliphatic rings. The van der Waals surface area contributed by atoms with E-state index in [0.29, 0.717) is 36.9 Å². The number of nitrogens with two attached hydrogens (primary N) is 1. The van der Waals surface area contributed by atoms with Gasteiger partial charge in [0.1, 0.15) is 18.7 Å². The van der Waals surface area contributed by atoms with Gasteiger partial charge in [-0.3, -0.25) is 28.9 Å². The second-order valence-corrected chi connectivity index (χ2v) is 12.9. The first-order valence-electron chi connectivity index (χ1n) is 16.1. The SMILES string of the molecule is CC(C)[C@H](NC(=O)CCCCCN1C(=O)C=CC1=O)C(=O)N[C@@H](CCCNC(N)=O)C(=O)Nc1ccc(COC(=O)NC(C)(C)C)cc1. The molecule has 1 aromatic rings. The van der Waals surface area contributed by atoms with Crippen molar-refractivity contribution in [2.75, 3.05) is 18.4 Å². The van der Waals surface area contributed by atoms with Gasteiger partial charge in [0, 0.05) is 42.9 Å². The van der Waals surface area contributed by atoms with Crippen molar-refractivity contribution in [3.05, 3.63) is 42.0 Å². The first-order valence-corrected chi connectivity index (χ1v) is 16.1. The van der Waals surface area contributed by atoms with Crippen LogP contribution in [0.15, 0.2) is 36.4 Å². The van der Waals surface area contributed by atoms with Gasteiger partial charge in [0.05, 0.1) is 0 Å². The standard InChI is InChI=1S/C33H49N7O8/c1-21(2)28(38-25(41)11-7-6-8-19-40-26(42)16-17-27(40)43)30(45)37-24(10-9-18-35-31(34)46)29(44)36-23-14-12-22(13-15-23)20-48-32(47)39-33(3,4)5/h12-17,21,24,28H,6-11,18-20H2,1-5H3,(H,36,44)(H,37,45)(H,38,41)(H,39,47)(H3,34,35,46)/t24-,28-/m0/s1. The zero-order chi connectivity index (χ0) is 35.9. The van der Waals surface area contributed by atoms with Crippen molar-refractivity contribution in [3.63, 3.8) is 0 Å². The van der Waals surface area contributed by atoms with Crippen LogP contribution in [0, 0.1) is 5.92 Å². The molecule has 0 aromatic heterocycles. The van der Waals surface area contributed by atoms with Gasteiger partial charge < -0.3 is 37.1 Å². The highest BCUT2D eigenvalue weighted by molar-refractivity contribution is 6.12. The number of urea groups is 1. The lowest BCUT2D eigenvalue weighted by molar-refractivity contribution is -0.137. The molecule has 0 saturated heterocycles. The Labute approximate surface area is 281 Å². The van der Waals surface area contributed by atoms with Crippen LogP contribution >= 0.6 is 0 Å². The van der Waals surface area contributed by atoms with Crippen LogP contribution in [0.3, 0.4) is 0 Å². The highest BCUT2D eigenvalue weighted by Crippen LogP contribution is 2.14. The van der Waals surface area contributed by atoms with Gasteiger partial charge in [-0.15, -0.1) is 0 Å². The second kappa shape index (κ2) is 19.0. The molecule has 15 nitrogen and oxygen atoms in total. The molecule has 1 heterocycles. The summed E-state index contributed by atoms with van der Waals surface area (Å²) in [7, 11) is 0. The van der Waals surface area contributed by atoms with Gasteiger partial charge in [-0.05, 0) is 70.1 Å². The Balaban J connectivity index is 1.94. The van der Waals surface area contributed by atoms with E-state index in [1.807, 2.05) is 20.8 Å². The number of carbonyl (C=O) groups excluding carboxylic acids is 7. The van der Waals surface area contributed by atoms with Crippen molar-refractivity contribution in [2.24, 2.45) is 11.7 Å². The van der Waals surface area contributed by atoms with Gasteiger partial charge in [-0.2, -0.15) is 0 Å².